The predicted molar refractivity (Wildman–Crippen MR) is 112 cm³/mol. The van der Waals surface area contributed by atoms with Crippen molar-refractivity contribution in [2.75, 3.05) is 11.9 Å². The van der Waals surface area contributed by atoms with Gasteiger partial charge in [-0.25, -0.2) is 9.37 Å². The molecule has 30 heavy (non-hydrogen) atoms. The second-order valence-corrected chi connectivity index (χ2v) is 8.00. The molecule has 1 aromatic heterocycles. The van der Waals surface area contributed by atoms with Crippen molar-refractivity contribution in [3.8, 4) is 16.9 Å². The maximum Gasteiger partial charge on any atom is 0.237 e. The summed E-state index contributed by atoms with van der Waals surface area (Å²) in [6, 6.07) is 16.5. The van der Waals surface area contributed by atoms with Crippen molar-refractivity contribution in [1.82, 2.24) is 4.98 Å². The number of halogens is 1. The molecule has 1 unspecified atom stereocenters. The molecular formula is C24H21FN2O3. The Morgan fingerprint density at radius 1 is 1.10 bits per heavy atom. The molecule has 1 atom stereocenters. The minimum Gasteiger partial charge on any atom is -0.492 e. The molecule has 2 aromatic carbocycles. The monoisotopic (exact) mass is 404 g/mol. The number of pyridine rings is 1. The number of carbonyl (C=O) groups is 2. The number of aromatic nitrogens is 1. The van der Waals surface area contributed by atoms with Gasteiger partial charge in [0.05, 0.1) is 12.2 Å². The molecule has 0 aliphatic carbocycles. The maximum absolute atomic E-state index is 13.4. The first-order chi connectivity index (χ1) is 14.3. The molecule has 4 rings (SSSR count). The molecule has 5 nitrogen and oxygen atoms in total. The smallest absolute Gasteiger partial charge is 0.237 e. The number of anilines is 1. The summed E-state index contributed by atoms with van der Waals surface area (Å²) in [6.07, 6.45) is 1.57. The fourth-order valence-electron chi connectivity index (χ4n) is 3.63. The molecule has 0 bridgehead atoms. The van der Waals surface area contributed by atoms with E-state index in [4.69, 9.17) is 4.74 Å². The lowest BCUT2D eigenvalue weighted by Gasteiger charge is -2.29. The van der Waals surface area contributed by atoms with Crippen LogP contribution in [0.15, 0.2) is 66.9 Å². The third kappa shape index (κ3) is 3.81. The van der Waals surface area contributed by atoms with E-state index in [0.717, 1.165) is 11.1 Å². The summed E-state index contributed by atoms with van der Waals surface area (Å²) in [5, 5.41) is 2.74. The number of ether oxygens (including phenoxy) is 1. The number of nitrogens with zero attached hydrogens (tertiary/aromatic N) is 1. The zero-order chi connectivity index (χ0) is 21.3. The standard InChI is InChI=1S/C24H21FN2O3/c1-24(2)14-30-19-13-16(15-6-9-17(25)10-7-15)8-11-18(19)22(28)21(24)23(29)27-20-5-3-4-12-26-20/h3-13,21H,14H2,1-2H3,(H,26,27,29). The summed E-state index contributed by atoms with van der Waals surface area (Å²) in [4.78, 5) is 30.5. The minimum atomic E-state index is -0.933. The first-order valence-corrected chi connectivity index (χ1v) is 9.64. The Morgan fingerprint density at radius 3 is 2.53 bits per heavy atom. The first kappa shape index (κ1) is 19.8. The predicted octanol–water partition coefficient (Wildman–Crippen LogP) is 4.74. The number of hydrogen-bond donors (Lipinski definition) is 1. The Hall–Kier alpha value is -3.54. The summed E-state index contributed by atoms with van der Waals surface area (Å²) in [7, 11) is 0. The molecule has 0 saturated carbocycles. The lowest BCUT2D eigenvalue weighted by atomic mass is 9.75. The van der Waals surface area contributed by atoms with E-state index < -0.39 is 17.2 Å². The van der Waals surface area contributed by atoms with Gasteiger partial charge in [0.25, 0.3) is 0 Å². The van der Waals surface area contributed by atoms with Gasteiger partial charge >= 0.3 is 0 Å². The van der Waals surface area contributed by atoms with E-state index in [0.29, 0.717) is 17.1 Å². The van der Waals surface area contributed by atoms with Crippen molar-refractivity contribution in [3.63, 3.8) is 0 Å². The van der Waals surface area contributed by atoms with Crippen molar-refractivity contribution in [3.05, 3.63) is 78.2 Å². The molecular weight excluding hydrogens is 383 g/mol. The molecule has 0 radical (unpaired) electrons. The second kappa shape index (κ2) is 7.71. The highest BCUT2D eigenvalue weighted by Gasteiger charge is 2.45. The van der Waals surface area contributed by atoms with Crippen LogP contribution in [0.25, 0.3) is 11.1 Å². The van der Waals surface area contributed by atoms with Crippen LogP contribution in [0, 0.1) is 17.2 Å². The van der Waals surface area contributed by atoms with E-state index in [-0.39, 0.29) is 18.2 Å². The topological polar surface area (TPSA) is 68.3 Å². The van der Waals surface area contributed by atoms with Gasteiger partial charge < -0.3 is 10.1 Å². The summed E-state index contributed by atoms with van der Waals surface area (Å²) in [5.41, 5.74) is 1.23. The van der Waals surface area contributed by atoms with Gasteiger partial charge in [-0.2, -0.15) is 0 Å². The highest BCUT2D eigenvalue weighted by Crippen LogP contribution is 2.39. The van der Waals surface area contributed by atoms with E-state index in [1.54, 1.807) is 54.7 Å². The van der Waals surface area contributed by atoms with Crippen molar-refractivity contribution in [2.24, 2.45) is 11.3 Å². The number of hydrogen-bond acceptors (Lipinski definition) is 4. The van der Waals surface area contributed by atoms with Gasteiger partial charge in [0.1, 0.15) is 23.3 Å². The zero-order valence-electron chi connectivity index (χ0n) is 16.7. The number of fused-ring (bicyclic) bond motifs is 1. The molecule has 0 saturated heterocycles. The summed E-state index contributed by atoms with van der Waals surface area (Å²) in [6.45, 7) is 3.86. The molecule has 2 heterocycles. The van der Waals surface area contributed by atoms with Crippen LogP contribution in [0.2, 0.25) is 0 Å². The Morgan fingerprint density at radius 2 is 1.83 bits per heavy atom. The molecule has 152 valence electrons. The normalized spacial score (nSPS) is 17.4. The third-order valence-corrected chi connectivity index (χ3v) is 5.25. The third-order valence-electron chi connectivity index (χ3n) is 5.25. The average Bonchev–Trinajstić information content (AvgIpc) is 2.82. The first-order valence-electron chi connectivity index (χ1n) is 9.64. The number of nitrogens with one attached hydrogen (secondary N) is 1. The molecule has 1 amide bonds. The molecule has 6 heteroatoms. The Balaban J connectivity index is 1.67. The van der Waals surface area contributed by atoms with Crippen LogP contribution in [0.5, 0.6) is 5.75 Å². The molecule has 3 aromatic rings. The van der Waals surface area contributed by atoms with Crippen LogP contribution in [0.1, 0.15) is 24.2 Å². The molecule has 1 aliphatic rings. The van der Waals surface area contributed by atoms with Crippen LogP contribution in [-0.4, -0.2) is 23.3 Å². The van der Waals surface area contributed by atoms with Crippen molar-refractivity contribution < 1.29 is 18.7 Å². The summed E-state index contributed by atoms with van der Waals surface area (Å²) in [5.74, 6) is -1.15. The molecule has 1 N–H and O–H groups in total. The van der Waals surface area contributed by atoms with E-state index >= 15 is 0 Å². The van der Waals surface area contributed by atoms with Gasteiger partial charge in [-0.05, 0) is 47.5 Å². The Labute approximate surface area is 173 Å². The van der Waals surface area contributed by atoms with Crippen molar-refractivity contribution in [2.45, 2.75) is 13.8 Å². The SMILES string of the molecule is CC1(C)COc2cc(-c3ccc(F)cc3)ccc2C(=O)C1C(=O)Nc1ccccn1. The van der Waals surface area contributed by atoms with Crippen LogP contribution in [-0.2, 0) is 4.79 Å². The number of carbonyl (C=O) groups excluding carboxylic acids is 2. The minimum absolute atomic E-state index is 0.193. The van der Waals surface area contributed by atoms with Crippen molar-refractivity contribution in [1.29, 1.82) is 0 Å². The Kier molecular flexibility index (Phi) is 5.08. The molecule has 1 aliphatic heterocycles. The average molecular weight is 404 g/mol. The quantitative estimate of drug-likeness (QED) is 0.640. The number of benzene rings is 2. The van der Waals surface area contributed by atoms with E-state index in [9.17, 15) is 14.0 Å². The fraction of sp³-hybridized carbons (Fsp3) is 0.208. The number of Topliss-reactive ketones (excluding diaryl/α,β-unsaturated/α-hetero) is 1. The van der Waals surface area contributed by atoms with E-state index in [2.05, 4.69) is 10.3 Å². The Bertz CT molecular complexity index is 1100. The lowest BCUT2D eigenvalue weighted by Crippen LogP contribution is -2.42. The van der Waals surface area contributed by atoms with Crippen LogP contribution in [0.4, 0.5) is 10.2 Å². The largest absolute Gasteiger partial charge is 0.492 e. The van der Waals surface area contributed by atoms with Gasteiger partial charge in [-0.3, -0.25) is 9.59 Å². The molecule has 0 fully saturated rings. The summed E-state index contributed by atoms with van der Waals surface area (Å²) < 4.78 is 19.2. The maximum atomic E-state index is 13.4. The molecule has 0 spiro atoms. The van der Waals surface area contributed by atoms with Gasteiger partial charge in [0, 0.05) is 11.6 Å². The highest BCUT2D eigenvalue weighted by molar-refractivity contribution is 6.15. The van der Waals surface area contributed by atoms with Crippen LogP contribution in [0.3, 0.4) is 0 Å². The van der Waals surface area contributed by atoms with Gasteiger partial charge in [-0.15, -0.1) is 0 Å². The zero-order valence-corrected chi connectivity index (χ0v) is 16.7. The van der Waals surface area contributed by atoms with Gasteiger partial charge in [0.15, 0.2) is 5.78 Å². The second-order valence-electron chi connectivity index (χ2n) is 8.00. The van der Waals surface area contributed by atoms with E-state index in [1.807, 2.05) is 13.8 Å². The van der Waals surface area contributed by atoms with Crippen molar-refractivity contribution >= 4 is 17.5 Å². The lowest BCUT2D eigenvalue weighted by molar-refractivity contribution is -0.121. The highest BCUT2D eigenvalue weighted by atomic mass is 19.1. The van der Waals surface area contributed by atoms with Gasteiger partial charge in [0.2, 0.25) is 5.91 Å². The van der Waals surface area contributed by atoms with Crippen LogP contribution >= 0.6 is 0 Å². The van der Waals surface area contributed by atoms with Crippen LogP contribution < -0.4 is 10.1 Å². The van der Waals surface area contributed by atoms with E-state index in [1.165, 1.54) is 12.1 Å². The number of ketones is 1. The fourth-order valence-corrected chi connectivity index (χ4v) is 3.63. The number of rotatable bonds is 3. The summed E-state index contributed by atoms with van der Waals surface area (Å²) >= 11 is 0. The number of amides is 1. The van der Waals surface area contributed by atoms with Gasteiger partial charge in [-0.1, -0.05) is 38.1 Å².